The lowest BCUT2D eigenvalue weighted by Crippen LogP contribution is -2.15. The molecule has 2 aromatic rings. The smallest absolute Gasteiger partial charge is 0.0933 e. The van der Waals surface area contributed by atoms with E-state index in [4.69, 9.17) is 4.84 Å². The zero-order valence-electron chi connectivity index (χ0n) is 9.27. The van der Waals surface area contributed by atoms with Crippen LogP contribution in [-0.2, 0) is 18.0 Å². The van der Waals surface area contributed by atoms with Crippen LogP contribution in [0.5, 0.6) is 0 Å². The normalized spacial score (nSPS) is 10.4. The maximum atomic E-state index is 5.37. The number of pyridine rings is 1. The van der Waals surface area contributed by atoms with E-state index in [-0.39, 0.29) is 0 Å². The molecule has 0 aliphatic heterocycles. The van der Waals surface area contributed by atoms with Crippen LogP contribution in [0.3, 0.4) is 0 Å². The predicted octanol–water partition coefficient (Wildman–Crippen LogP) is 3.07. The van der Waals surface area contributed by atoms with Crippen LogP contribution < -0.4 is 5.48 Å². The Balaban J connectivity index is 1.76. The van der Waals surface area contributed by atoms with Gasteiger partial charge in [-0.05, 0) is 33.6 Å². The Morgan fingerprint density at radius 3 is 2.71 bits per heavy atom. The van der Waals surface area contributed by atoms with Gasteiger partial charge in [-0.2, -0.15) is 5.48 Å². The fraction of sp³-hybridized carbons (Fsp3) is 0.154. The minimum atomic E-state index is 0.547. The van der Waals surface area contributed by atoms with E-state index in [2.05, 4.69) is 26.4 Å². The van der Waals surface area contributed by atoms with Gasteiger partial charge in [0.2, 0.25) is 0 Å². The molecule has 0 fully saturated rings. The Morgan fingerprint density at radius 2 is 1.94 bits per heavy atom. The average molecular weight is 293 g/mol. The second-order valence-corrected chi connectivity index (χ2v) is 4.38. The molecule has 3 nitrogen and oxygen atoms in total. The molecule has 0 amide bonds. The highest BCUT2D eigenvalue weighted by Gasteiger charge is 1.99. The molecule has 17 heavy (non-hydrogen) atoms. The Kier molecular flexibility index (Phi) is 4.67. The lowest BCUT2D eigenvalue weighted by atomic mass is 10.2. The molecule has 0 atom stereocenters. The topological polar surface area (TPSA) is 34.2 Å². The molecule has 1 aromatic carbocycles. The predicted molar refractivity (Wildman–Crippen MR) is 70.0 cm³/mol. The van der Waals surface area contributed by atoms with Gasteiger partial charge in [-0.3, -0.25) is 9.82 Å². The van der Waals surface area contributed by atoms with Gasteiger partial charge in [-0.1, -0.05) is 30.3 Å². The summed E-state index contributed by atoms with van der Waals surface area (Å²) in [4.78, 5) is 9.60. The molecule has 2 rings (SSSR count). The first-order valence-electron chi connectivity index (χ1n) is 5.34. The van der Waals surface area contributed by atoms with Gasteiger partial charge < -0.3 is 0 Å². The average Bonchev–Trinajstić information content (AvgIpc) is 2.38. The third kappa shape index (κ3) is 3.93. The van der Waals surface area contributed by atoms with Crippen molar-refractivity contribution in [2.24, 2.45) is 0 Å². The van der Waals surface area contributed by atoms with E-state index in [0.29, 0.717) is 13.2 Å². The lowest BCUT2D eigenvalue weighted by molar-refractivity contribution is 0.0227. The quantitative estimate of drug-likeness (QED) is 0.679. The molecule has 0 aliphatic rings. The highest BCUT2D eigenvalue weighted by atomic mass is 79.9. The summed E-state index contributed by atoms with van der Waals surface area (Å²) >= 11 is 3.44. The third-order valence-corrected chi connectivity index (χ3v) is 2.98. The van der Waals surface area contributed by atoms with Crippen molar-refractivity contribution in [3.05, 3.63) is 64.4 Å². The summed E-state index contributed by atoms with van der Waals surface area (Å²) in [6.07, 6.45) is 1.76. The van der Waals surface area contributed by atoms with Gasteiger partial charge in [0.15, 0.2) is 0 Å². The first-order valence-corrected chi connectivity index (χ1v) is 6.13. The number of halogens is 1. The lowest BCUT2D eigenvalue weighted by Gasteiger charge is -2.06. The van der Waals surface area contributed by atoms with Crippen LogP contribution in [0, 0.1) is 0 Å². The van der Waals surface area contributed by atoms with E-state index >= 15 is 0 Å². The van der Waals surface area contributed by atoms with Gasteiger partial charge >= 0.3 is 0 Å². The Morgan fingerprint density at radius 1 is 1.12 bits per heavy atom. The summed E-state index contributed by atoms with van der Waals surface area (Å²) in [7, 11) is 0. The van der Waals surface area contributed by atoms with Crippen LogP contribution in [-0.4, -0.2) is 4.98 Å². The van der Waals surface area contributed by atoms with Crippen molar-refractivity contribution in [3.63, 3.8) is 0 Å². The maximum absolute atomic E-state index is 5.37. The minimum absolute atomic E-state index is 0.547. The van der Waals surface area contributed by atoms with E-state index in [1.54, 1.807) is 6.20 Å². The van der Waals surface area contributed by atoms with Gasteiger partial charge in [0.25, 0.3) is 0 Å². The first kappa shape index (κ1) is 12.2. The largest absolute Gasteiger partial charge is 0.297 e. The molecule has 88 valence electrons. The van der Waals surface area contributed by atoms with E-state index < -0.39 is 0 Å². The Hall–Kier alpha value is -1.23. The number of hydrogen-bond acceptors (Lipinski definition) is 3. The number of rotatable bonds is 5. The van der Waals surface area contributed by atoms with Crippen molar-refractivity contribution >= 4 is 15.9 Å². The van der Waals surface area contributed by atoms with Crippen LogP contribution in [0.4, 0.5) is 0 Å². The van der Waals surface area contributed by atoms with Crippen LogP contribution in [0.15, 0.2) is 53.1 Å². The van der Waals surface area contributed by atoms with Crippen molar-refractivity contribution in [3.8, 4) is 0 Å². The maximum Gasteiger partial charge on any atom is 0.0933 e. The molecule has 0 radical (unpaired) electrons. The highest BCUT2D eigenvalue weighted by molar-refractivity contribution is 9.10. The van der Waals surface area contributed by atoms with E-state index in [1.807, 2.05) is 42.5 Å². The number of aromatic nitrogens is 1. The second-order valence-electron chi connectivity index (χ2n) is 3.53. The van der Waals surface area contributed by atoms with Crippen LogP contribution in [0.1, 0.15) is 11.3 Å². The number of benzene rings is 1. The molecule has 1 N–H and O–H groups in total. The summed E-state index contributed by atoms with van der Waals surface area (Å²) < 4.78 is 0.982. The van der Waals surface area contributed by atoms with Crippen LogP contribution in [0.25, 0.3) is 0 Å². The van der Waals surface area contributed by atoms with Crippen LogP contribution >= 0.6 is 15.9 Å². The summed E-state index contributed by atoms with van der Waals surface area (Å²) in [5, 5.41) is 0. The highest BCUT2D eigenvalue weighted by Crippen LogP contribution is 2.12. The number of nitrogens with one attached hydrogen (secondary N) is 1. The van der Waals surface area contributed by atoms with Gasteiger partial charge in [-0.15, -0.1) is 0 Å². The monoisotopic (exact) mass is 292 g/mol. The third-order valence-electron chi connectivity index (χ3n) is 2.26. The van der Waals surface area contributed by atoms with Gasteiger partial charge in [-0.25, -0.2) is 0 Å². The van der Waals surface area contributed by atoms with Crippen molar-refractivity contribution in [2.45, 2.75) is 13.2 Å². The molecule has 0 unspecified atom stereocenters. The summed E-state index contributed by atoms with van der Waals surface area (Å²) in [6, 6.07) is 13.9. The van der Waals surface area contributed by atoms with Crippen molar-refractivity contribution in [1.29, 1.82) is 0 Å². The molecule has 1 heterocycles. The minimum Gasteiger partial charge on any atom is -0.297 e. The Labute approximate surface area is 109 Å². The first-order chi connectivity index (χ1) is 8.36. The van der Waals surface area contributed by atoms with E-state index in [1.165, 1.54) is 0 Å². The zero-order valence-corrected chi connectivity index (χ0v) is 10.9. The molecular formula is C13H13BrN2O. The second kappa shape index (κ2) is 6.49. The molecule has 0 spiro atoms. The molecule has 0 aliphatic carbocycles. The number of hydrogen-bond donors (Lipinski definition) is 1. The van der Waals surface area contributed by atoms with Gasteiger partial charge in [0.1, 0.15) is 0 Å². The van der Waals surface area contributed by atoms with E-state index in [0.717, 1.165) is 15.7 Å². The fourth-order valence-electron chi connectivity index (χ4n) is 1.38. The Bertz CT molecular complexity index is 462. The summed E-state index contributed by atoms with van der Waals surface area (Å²) in [6.45, 7) is 1.12. The van der Waals surface area contributed by atoms with Crippen molar-refractivity contribution < 1.29 is 4.84 Å². The van der Waals surface area contributed by atoms with Gasteiger partial charge in [0, 0.05) is 10.7 Å². The number of nitrogens with zero attached hydrogens (tertiary/aromatic N) is 1. The number of hydroxylamine groups is 1. The fourth-order valence-corrected chi connectivity index (χ4v) is 1.77. The summed E-state index contributed by atoms with van der Waals surface area (Å²) in [5.41, 5.74) is 4.97. The molecular weight excluding hydrogens is 280 g/mol. The molecule has 0 saturated carbocycles. The zero-order chi connectivity index (χ0) is 11.9. The molecule has 1 aromatic heterocycles. The van der Waals surface area contributed by atoms with Gasteiger partial charge in [0.05, 0.1) is 18.8 Å². The summed E-state index contributed by atoms with van der Waals surface area (Å²) in [5.74, 6) is 0. The molecule has 0 bridgehead atoms. The van der Waals surface area contributed by atoms with Crippen molar-refractivity contribution in [2.75, 3.05) is 0 Å². The van der Waals surface area contributed by atoms with Crippen LogP contribution in [0.2, 0.25) is 0 Å². The SMILES string of the molecule is Brc1cccnc1CNOCc1ccccc1. The van der Waals surface area contributed by atoms with E-state index in [9.17, 15) is 0 Å². The van der Waals surface area contributed by atoms with Crippen molar-refractivity contribution in [1.82, 2.24) is 10.5 Å². The molecule has 4 heteroatoms. The molecule has 0 saturated heterocycles. The standard InChI is InChI=1S/C13H13BrN2O/c14-12-7-4-8-15-13(12)9-16-17-10-11-5-2-1-3-6-11/h1-8,16H,9-10H2.